The Balaban J connectivity index is 1.74. The Hall–Kier alpha value is -2.82. The van der Waals surface area contributed by atoms with Crippen molar-refractivity contribution in [3.8, 4) is 5.75 Å². The lowest BCUT2D eigenvalue weighted by atomic mass is 9.87. The molecule has 0 bridgehead atoms. The lowest BCUT2D eigenvalue weighted by Crippen LogP contribution is -2.43. The zero-order valence-electron chi connectivity index (χ0n) is 12.8. The van der Waals surface area contributed by atoms with Crippen molar-refractivity contribution in [2.75, 3.05) is 0 Å². The Kier molecular flexibility index (Phi) is 4.02. The van der Waals surface area contributed by atoms with E-state index in [-0.39, 0.29) is 5.91 Å². The molecule has 0 aliphatic carbocycles. The number of ether oxygens (including phenoxy) is 1. The largest absolute Gasteiger partial charge is 0.489 e. The zero-order valence-corrected chi connectivity index (χ0v) is 12.8. The molecule has 1 unspecified atom stereocenters. The highest BCUT2D eigenvalue weighted by molar-refractivity contribution is 6.07. The van der Waals surface area contributed by atoms with Gasteiger partial charge in [-0.05, 0) is 29.7 Å². The molecule has 3 amide bonds. The second-order valence-electron chi connectivity index (χ2n) is 5.47. The van der Waals surface area contributed by atoms with Crippen LogP contribution >= 0.6 is 0 Å². The van der Waals surface area contributed by atoms with Gasteiger partial charge in [0.1, 0.15) is 17.9 Å². The average Bonchev–Trinajstić information content (AvgIpc) is 2.89. The van der Waals surface area contributed by atoms with Crippen molar-refractivity contribution in [3.63, 3.8) is 0 Å². The van der Waals surface area contributed by atoms with Crippen molar-refractivity contribution < 1.29 is 14.3 Å². The predicted octanol–water partition coefficient (Wildman–Crippen LogP) is 2.71. The quantitative estimate of drug-likeness (QED) is 0.834. The van der Waals surface area contributed by atoms with Gasteiger partial charge in [-0.15, -0.1) is 0 Å². The minimum atomic E-state index is -0.991. The molecule has 2 N–H and O–H groups in total. The van der Waals surface area contributed by atoms with Crippen LogP contribution in [0.2, 0.25) is 0 Å². The second kappa shape index (κ2) is 6.12. The van der Waals surface area contributed by atoms with Crippen molar-refractivity contribution in [1.29, 1.82) is 0 Å². The van der Waals surface area contributed by atoms with Gasteiger partial charge in [0.25, 0.3) is 5.91 Å². The normalized spacial score (nSPS) is 20.0. The van der Waals surface area contributed by atoms with Crippen LogP contribution in [0.5, 0.6) is 5.75 Å². The topological polar surface area (TPSA) is 67.4 Å². The summed E-state index contributed by atoms with van der Waals surface area (Å²) >= 11 is 0. The number of benzene rings is 2. The van der Waals surface area contributed by atoms with Gasteiger partial charge >= 0.3 is 6.03 Å². The highest BCUT2D eigenvalue weighted by Crippen LogP contribution is 2.29. The summed E-state index contributed by atoms with van der Waals surface area (Å²) in [6.07, 6.45) is 0.481. The molecule has 0 radical (unpaired) electrons. The maximum atomic E-state index is 12.1. The SMILES string of the molecule is CCC1(c2ccc(OCc3ccccc3)cc2)NC(=O)NC1=O. The van der Waals surface area contributed by atoms with Crippen molar-refractivity contribution in [3.05, 3.63) is 65.7 Å². The molecule has 1 aliphatic heterocycles. The van der Waals surface area contributed by atoms with Crippen LogP contribution < -0.4 is 15.4 Å². The van der Waals surface area contributed by atoms with Crippen LogP contribution in [0.25, 0.3) is 0 Å². The summed E-state index contributed by atoms with van der Waals surface area (Å²) < 4.78 is 5.74. The first-order valence-electron chi connectivity index (χ1n) is 7.55. The van der Waals surface area contributed by atoms with Crippen LogP contribution in [0, 0.1) is 0 Å². The molecular weight excluding hydrogens is 292 g/mol. The number of urea groups is 1. The third-order valence-corrected chi connectivity index (χ3v) is 4.07. The standard InChI is InChI=1S/C18H18N2O3/c1-2-18(16(21)19-17(22)20-18)14-8-10-15(11-9-14)23-12-13-6-4-3-5-7-13/h3-11H,2,12H2,1H3,(H2,19,20,21,22). The van der Waals surface area contributed by atoms with Gasteiger partial charge in [0.2, 0.25) is 0 Å². The van der Waals surface area contributed by atoms with E-state index in [0.29, 0.717) is 18.8 Å². The number of imide groups is 1. The minimum absolute atomic E-state index is 0.317. The van der Waals surface area contributed by atoms with Crippen LogP contribution in [-0.4, -0.2) is 11.9 Å². The fraction of sp³-hybridized carbons (Fsp3) is 0.222. The molecule has 23 heavy (non-hydrogen) atoms. The number of hydrogen-bond donors (Lipinski definition) is 2. The first-order chi connectivity index (χ1) is 11.1. The molecular formula is C18H18N2O3. The summed E-state index contributed by atoms with van der Waals surface area (Å²) in [5, 5.41) is 5.02. The molecule has 5 nitrogen and oxygen atoms in total. The fourth-order valence-corrected chi connectivity index (χ4v) is 2.72. The summed E-state index contributed by atoms with van der Waals surface area (Å²) in [6, 6.07) is 16.7. The van der Waals surface area contributed by atoms with Crippen molar-refractivity contribution >= 4 is 11.9 Å². The third kappa shape index (κ3) is 2.90. The number of carbonyl (C=O) groups is 2. The third-order valence-electron chi connectivity index (χ3n) is 4.07. The first-order valence-corrected chi connectivity index (χ1v) is 7.55. The maximum absolute atomic E-state index is 12.1. The molecule has 5 heteroatoms. The number of carbonyl (C=O) groups excluding carboxylic acids is 2. The lowest BCUT2D eigenvalue weighted by molar-refractivity contribution is -0.124. The highest BCUT2D eigenvalue weighted by Gasteiger charge is 2.46. The zero-order chi connectivity index (χ0) is 16.3. The van der Waals surface area contributed by atoms with Gasteiger partial charge in [0.05, 0.1) is 0 Å². The number of nitrogens with one attached hydrogen (secondary N) is 2. The van der Waals surface area contributed by atoms with E-state index in [0.717, 1.165) is 11.1 Å². The molecule has 1 saturated heterocycles. The van der Waals surface area contributed by atoms with Gasteiger partial charge in [0.15, 0.2) is 0 Å². The molecule has 118 valence electrons. The first kappa shape index (κ1) is 15.1. The van der Waals surface area contributed by atoms with E-state index in [2.05, 4.69) is 10.6 Å². The molecule has 2 aromatic carbocycles. The van der Waals surface area contributed by atoms with Gasteiger partial charge < -0.3 is 10.1 Å². The predicted molar refractivity (Wildman–Crippen MR) is 85.9 cm³/mol. The molecule has 1 atom stereocenters. The molecule has 1 fully saturated rings. The van der Waals surface area contributed by atoms with E-state index < -0.39 is 11.6 Å². The molecule has 3 rings (SSSR count). The molecule has 1 heterocycles. The lowest BCUT2D eigenvalue weighted by Gasteiger charge is -2.25. The van der Waals surface area contributed by atoms with Crippen molar-refractivity contribution in [2.45, 2.75) is 25.5 Å². The van der Waals surface area contributed by atoms with E-state index in [1.165, 1.54) is 0 Å². The average molecular weight is 310 g/mol. The summed E-state index contributed by atoms with van der Waals surface area (Å²) in [5.74, 6) is 0.400. The van der Waals surface area contributed by atoms with E-state index in [4.69, 9.17) is 4.74 Å². The van der Waals surface area contributed by atoms with Crippen LogP contribution in [-0.2, 0) is 16.9 Å². The summed E-state index contributed by atoms with van der Waals surface area (Å²) in [5.41, 5.74) is 0.842. The molecule has 1 aliphatic rings. The Morgan fingerprint density at radius 3 is 2.26 bits per heavy atom. The highest BCUT2D eigenvalue weighted by atomic mass is 16.5. The van der Waals surface area contributed by atoms with Gasteiger partial charge in [-0.1, -0.05) is 49.4 Å². The Morgan fingerprint density at radius 1 is 1.00 bits per heavy atom. The monoisotopic (exact) mass is 310 g/mol. The van der Waals surface area contributed by atoms with E-state index in [1.807, 2.05) is 61.5 Å². The van der Waals surface area contributed by atoms with E-state index >= 15 is 0 Å². The Labute approximate surface area is 134 Å². The van der Waals surface area contributed by atoms with Crippen molar-refractivity contribution in [1.82, 2.24) is 10.6 Å². The smallest absolute Gasteiger partial charge is 0.322 e. The second-order valence-corrected chi connectivity index (χ2v) is 5.47. The van der Waals surface area contributed by atoms with E-state index in [9.17, 15) is 9.59 Å². The molecule has 2 aromatic rings. The summed E-state index contributed by atoms with van der Waals surface area (Å²) in [4.78, 5) is 23.6. The van der Waals surface area contributed by atoms with E-state index in [1.54, 1.807) is 0 Å². The molecule has 0 saturated carbocycles. The number of hydrogen-bond acceptors (Lipinski definition) is 3. The maximum Gasteiger partial charge on any atom is 0.322 e. The molecule has 0 spiro atoms. The van der Waals surface area contributed by atoms with Crippen LogP contribution in [0.3, 0.4) is 0 Å². The fourth-order valence-electron chi connectivity index (χ4n) is 2.72. The Morgan fingerprint density at radius 2 is 1.70 bits per heavy atom. The van der Waals surface area contributed by atoms with Crippen LogP contribution in [0.4, 0.5) is 4.79 Å². The number of rotatable bonds is 5. The molecule has 0 aromatic heterocycles. The minimum Gasteiger partial charge on any atom is -0.489 e. The van der Waals surface area contributed by atoms with Crippen LogP contribution in [0.15, 0.2) is 54.6 Å². The van der Waals surface area contributed by atoms with Gasteiger partial charge in [-0.3, -0.25) is 10.1 Å². The van der Waals surface area contributed by atoms with Gasteiger partial charge in [-0.25, -0.2) is 4.79 Å². The number of amides is 3. The van der Waals surface area contributed by atoms with Crippen LogP contribution in [0.1, 0.15) is 24.5 Å². The van der Waals surface area contributed by atoms with Crippen molar-refractivity contribution in [2.24, 2.45) is 0 Å². The summed E-state index contributed by atoms with van der Waals surface area (Å²) in [6.45, 7) is 2.35. The van der Waals surface area contributed by atoms with Gasteiger partial charge in [-0.2, -0.15) is 0 Å². The summed E-state index contributed by atoms with van der Waals surface area (Å²) in [7, 11) is 0. The van der Waals surface area contributed by atoms with Gasteiger partial charge in [0, 0.05) is 0 Å². The Bertz CT molecular complexity index is 713.